The number of hydrogen-bond donors (Lipinski definition) is 1. The Morgan fingerprint density at radius 1 is 1.46 bits per heavy atom. The Labute approximate surface area is 86.3 Å². The number of rotatable bonds is 1. The van der Waals surface area contributed by atoms with Gasteiger partial charge in [0.1, 0.15) is 10.8 Å². The molecule has 13 heavy (non-hydrogen) atoms. The SMILES string of the molecule is CSc1nc(Cl)nc2c1CCCN2. The van der Waals surface area contributed by atoms with E-state index in [4.69, 9.17) is 11.6 Å². The lowest BCUT2D eigenvalue weighted by Gasteiger charge is -2.18. The van der Waals surface area contributed by atoms with Crippen molar-refractivity contribution in [1.82, 2.24) is 9.97 Å². The second-order valence-corrected chi connectivity index (χ2v) is 3.99. The molecule has 0 aliphatic carbocycles. The minimum absolute atomic E-state index is 0.331. The van der Waals surface area contributed by atoms with E-state index in [0.29, 0.717) is 5.28 Å². The molecule has 0 saturated heterocycles. The standard InChI is InChI=1S/C8H10ClN3S/c1-13-7-5-3-2-4-10-6(5)11-8(9)12-7/h2-4H2,1H3,(H,10,11,12). The molecule has 0 spiro atoms. The number of nitrogens with zero attached hydrogens (tertiary/aromatic N) is 2. The highest BCUT2D eigenvalue weighted by atomic mass is 35.5. The summed E-state index contributed by atoms with van der Waals surface area (Å²) >= 11 is 7.41. The molecule has 0 radical (unpaired) electrons. The Hall–Kier alpha value is -0.480. The molecule has 1 aromatic rings. The lowest BCUT2D eigenvalue weighted by Crippen LogP contribution is -2.15. The van der Waals surface area contributed by atoms with Crippen LogP contribution in [0.25, 0.3) is 0 Å². The van der Waals surface area contributed by atoms with Gasteiger partial charge in [0.2, 0.25) is 5.28 Å². The zero-order chi connectivity index (χ0) is 9.26. The number of hydrogen-bond acceptors (Lipinski definition) is 4. The van der Waals surface area contributed by atoms with Crippen molar-refractivity contribution in [1.29, 1.82) is 0 Å². The van der Waals surface area contributed by atoms with Crippen molar-refractivity contribution in [3.05, 3.63) is 10.8 Å². The van der Waals surface area contributed by atoms with Crippen LogP contribution in [0.1, 0.15) is 12.0 Å². The Balaban J connectivity index is 2.50. The van der Waals surface area contributed by atoms with Crippen LogP contribution >= 0.6 is 23.4 Å². The van der Waals surface area contributed by atoms with Crippen molar-refractivity contribution >= 4 is 29.2 Å². The third-order valence-corrected chi connectivity index (χ3v) is 2.92. The molecule has 3 nitrogen and oxygen atoms in total. The average molecular weight is 216 g/mol. The summed E-state index contributed by atoms with van der Waals surface area (Å²) in [6, 6.07) is 0. The number of thioether (sulfide) groups is 1. The second-order valence-electron chi connectivity index (χ2n) is 2.86. The fourth-order valence-electron chi connectivity index (χ4n) is 1.45. The van der Waals surface area contributed by atoms with E-state index in [1.54, 1.807) is 11.8 Å². The zero-order valence-corrected chi connectivity index (χ0v) is 8.87. The lowest BCUT2D eigenvalue weighted by atomic mass is 10.1. The molecule has 70 valence electrons. The van der Waals surface area contributed by atoms with Crippen molar-refractivity contribution in [2.45, 2.75) is 17.9 Å². The number of anilines is 1. The maximum Gasteiger partial charge on any atom is 0.225 e. The Kier molecular flexibility index (Phi) is 2.60. The lowest BCUT2D eigenvalue weighted by molar-refractivity contribution is 0.780. The van der Waals surface area contributed by atoms with Crippen LogP contribution in [0.2, 0.25) is 5.28 Å². The van der Waals surface area contributed by atoms with Gasteiger partial charge in [0.15, 0.2) is 0 Å². The van der Waals surface area contributed by atoms with Crippen molar-refractivity contribution in [2.24, 2.45) is 0 Å². The van der Waals surface area contributed by atoms with Gasteiger partial charge in [-0.25, -0.2) is 9.97 Å². The van der Waals surface area contributed by atoms with E-state index in [9.17, 15) is 0 Å². The summed E-state index contributed by atoms with van der Waals surface area (Å²) in [6.07, 6.45) is 4.20. The molecule has 0 amide bonds. The molecule has 0 atom stereocenters. The molecule has 0 saturated carbocycles. The number of nitrogens with one attached hydrogen (secondary N) is 1. The predicted molar refractivity (Wildman–Crippen MR) is 55.6 cm³/mol. The van der Waals surface area contributed by atoms with Crippen LogP contribution in [-0.2, 0) is 6.42 Å². The van der Waals surface area contributed by atoms with Gasteiger partial charge in [-0.15, -0.1) is 11.8 Å². The molecule has 1 aromatic heterocycles. The van der Waals surface area contributed by atoms with Crippen LogP contribution in [0.3, 0.4) is 0 Å². The minimum atomic E-state index is 0.331. The first-order valence-corrected chi connectivity index (χ1v) is 5.76. The smallest absolute Gasteiger partial charge is 0.225 e. The summed E-state index contributed by atoms with van der Waals surface area (Å²) in [5.41, 5.74) is 1.21. The summed E-state index contributed by atoms with van der Waals surface area (Å²) in [7, 11) is 0. The van der Waals surface area contributed by atoms with Gasteiger partial charge in [0, 0.05) is 12.1 Å². The van der Waals surface area contributed by atoms with Crippen molar-refractivity contribution < 1.29 is 0 Å². The highest BCUT2D eigenvalue weighted by molar-refractivity contribution is 7.98. The van der Waals surface area contributed by atoms with Crippen LogP contribution < -0.4 is 5.32 Å². The van der Waals surface area contributed by atoms with Gasteiger partial charge in [-0.1, -0.05) is 0 Å². The van der Waals surface area contributed by atoms with E-state index in [1.165, 1.54) is 5.56 Å². The molecule has 2 rings (SSSR count). The molecule has 5 heteroatoms. The van der Waals surface area contributed by atoms with Gasteiger partial charge >= 0.3 is 0 Å². The highest BCUT2D eigenvalue weighted by Gasteiger charge is 2.15. The van der Waals surface area contributed by atoms with E-state index >= 15 is 0 Å². The third-order valence-electron chi connectivity index (χ3n) is 2.03. The fraction of sp³-hybridized carbons (Fsp3) is 0.500. The molecule has 0 unspecified atom stereocenters. The van der Waals surface area contributed by atoms with Gasteiger partial charge < -0.3 is 5.32 Å². The first kappa shape index (κ1) is 9.09. The highest BCUT2D eigenvalue weighted by Crippen LogP contribution is 2.28. The molecule has 0 aromatic carbocycles. The van der Waals surface area contributed by atoms with E-state index in [-0.39, 0.29) is 0 Å². The molecule has 0 fully saturated rings. The van der Waals surface area contributed by atoms with Crippen molar-refractivity contribution in [3.8, 4) is 0 Å². The van der Waals surface area contributed by atoms with Gasteiger partial charge in [0.25, 0.3) is 0 Å². The summed E-state index contributed by atoms with van der Waals surface area (Å²) in [4.78, 5) is 8.33. The van der Waals surface area contributed by atoms with Crippen LogP contribution in [-0.4, -0.2) is 22.8 Å². The zero-order valence-electron chi connectivity index (χ0n) is 7.30. The molecule has 1 aliphatic heterocycles. The molecular weight excluding hydrogens is 206 g/mol. The first-order chi connectivity index (χ1) is 6.31. The molecule has 2 heterocycles. The summed E-state index contributed by atoms with van der Waals surface area (Å²) in [6.45, 7) is 0.980. The normalized spacial score (nSPS) is 14.9. The van der Waals surface area contributed by atoms with Gasteiger partial charge in [0.05, 0.1) is 0 Å². The van der Waals surface area contributed by atoms with Crippen molar-refractivity contribution in [2.75, 3.05) is 18.1 Å². The van der Waals surface area contributed by atoms with Crippen LogP contribution in [0.5, 0.6) is 0 Å². The minimum Gasteiger partial charge on any atom is -0.370 e. The Morgan fingerprint density at radius 2 is 2.31 bits per heavy atom. The maximum atomic E-state index is 5.79. The largest absolute Gasteiger partial charge is 0.370 e. The fourth-order valence-corrected chi connectivity index (χ4v) is 2.29. The van der Waals surface area contributed by atoms with E-state index in [2.05, 4.69) is 15.3 Å². The van der Waals surface area contributed by atoms with Crippen LogP contribution in [0.4, 0.5) is 5.82 Å². The molecule has 0 bridgehead atoms. The van der Waals surface area contributed by atoms with E-state index in [1.807, 2.05) is 6.26 Å². The monoisotopic (exact) mass is 215 g/mol. The Morgan fingerprint density at radius 3 is 3.08 bits per heavy atom. The number of fused-ring (bicyclic) bond motifs is 1. The maximum absolute atomic E-state index is 5.79. The number of halogens is 1. The summed E-state index contributed by atoms with van der Waals surface area (Å²) in [5, 5.41) is 4.56. The number of aromatic nitrogens is 2. The van der Waals surface area contributed by atoms with E-state index in [0.717, 1.165) is 30.2 Å². The summed E-state index contributed by atoms with van der Waals surface area (Å²) < 4.78 is 0. The van der Waals surface area contributed by atoms with Crippen molar-refractivity contribution in [3.63, 3.8) is 0 Å². The third kappa shape index (κ3) is 1.74. The van der Waals surface area contributed by atoms with Crippen LogP contribution in [0.15, 0.2) is 5.03 Å². The topological polar surface area (TPSA) is 37.8 Å². The van der Waals surface area contributed by atoms with Gasteiger partial charge in [-0.3, -0.25) is 0 Å². The van der Waals surface area contributed by atoms with Gasteiger partial charge in [-0.05, 0) is 30.7 Å². The predicted octanol–water partition coefficient (Wildman–Crippen LogP) is 2.21. The first-order valence-electron chi connectivity index (χ1n) is 4.15. The van der Waals surface area contributed by atoms with Gasteiger partial charge in [-0.2, -0.15) is 0 Å². The Bertz CT molecular complexity index is 312. The van der Waals surface area contributed by atoms with E-state index < -0.39 is 0 Å². The molecule has 1 N–H and O–H groups in total. The quantitative estimate of drug-likeness (QED) is 0.443. The summed E-state index contributed by atoms with van der Waals surface area (Å²) in [5.74, 6) is 0.913. The molecular formula is C8H10ClN3S. The average Bonchev–Trinajstić information content (AvgIpc) is 2.16. The molecule has 1 aliphatic rings. The van der Waals surface area contributed by atoms with Crippen LogP contribution in [0, 0.1) is 0 Å². The second kappa shape index (κ2) is 3.72.